The summed E-state index contributed by atoms with van der Waals surface area (Å²) < 4.78 is 26.1. The molecular weight excluding hydrogens is 304 g/mol. The molecule has 0 saturated heterocycles. The van der Waals surface area contributed by atoms with Gasteiger partial charge in [0.25, 0.3) is 5.69 Å². The van der Waals surface area contributed by atoms with E-state index in [9.17, 15) is 23.3 Å². The largest absolute Gasteiger partial charge is 0.352 e. The highest BCUT2D eigenvalue weighted by Crippen LogP contribution is 2.26. The van der Waals surface area contributed by atoms with Crippen molar-refractivity contribution in [1.29, 1.82) is 0 Å². The number of benzene rings is 1. The van der Waals surface area contributed by atoms with Crippen molar-refractivity contribution >= 4 is 27.4 Å². The van der Waals surface area contributed by atoms with Gasteiger partial charge in [0.05, 0.1) is 10.6 Å². The van der Waals surface area contributed by atoms with E-state index in [1.807, 2.05) is 0 Å². The molecule has 0 spiro atoms. The number of nitrogens with zero attached hydrogens (tertiary/aromatic N) is 1. The normalized spacial score (nSPS) is 10.9. The van der Waals surface area contributed by atoms with E-state index in [1.165, 1.54) is 6.07 Å². The molecule has 0 atom stereocenters. The fourth-order valence-electron chi connectivity index (χ4n) is 1.43. The Balaban J connectivity index is 2.97. The quantitative estimate of drug-likeness (QED) is 0.181. The molecule has 0 aliphatic rings. The number of nitrogens with one attached hydrogen (secondary N) is 3. The highest BCUT2D eigenvalue weighted by atomic mass is 32.2. The van der Waals surface area contributed by atoms with Crippen LogP contribution in [0.5, 0.6) is 0 Å². The first-order valence-corrected chi connectivity index (χ1v) is 7.04. The van der Waals surface area contributed by atoms with Crippen molar-refractivity contribution in [2.75, 3.05) is 18.5 Å². The van der Waals surface area contributed by atoms with Gasteiger partial charge in [-0.3, -0.25) is 16.0 Å². The first-order valence-electron chi connectivity index (χ1n) is 5.56. The molecule has 2 amide bonds. The third kappa shape index (κ3) is 4.55. The number of carbonyl (C=O) groups excluding carboxylic acids is 1. The zero-order valence-corrected chi connectivity index (χ0v) is 11.5. The highest BCUT2D eigenvalue weighted by molar-refractivity contribution is 7.89. The molecule has 116 valence electrons. The average Bonchev–Trinajstić information content (AvgIpc) is 2.42. The summed E-state index contributed by atoms with van der Waals surface area (Å²) in [6, 6.07) is 2.52. The van der Waals surface area contributed by atoms with Crippen LogP contribution in [0.2, 0.25) is 0 Å². The van der Waals surface area contributed by atoms with Gasteiger partial charge in [-0.05, 0) is 12.1 Å². The molecule has 0 aliphatic heterocycles. The van der Waals surface area contributed by atoms with Gasteiger partial charge >= 0.3 is 6.03 Å². The maximum atomic E-state index is 12.0. The molecule has 21 heavy (non-hydrogen) atoms. The van der Waals surface area contributed by atoms with Crippen molar-refractivity contribution in [3.8, 4) is 0 Å². The van der Waals surface area contributed by atoms with E-state index in [0.29, 0.717) is 0 Å². The Morgan fingerprint density at radius 1 is 1.33 bits per heavy atom. The molecule has 11 nitrogen and oxygen atoms in total. The Bertz CT molecular complexity index is 646. The number of urea groups is 1. The van der Waals surface area contributed by atoms with E-state index >= 15 is 0 Å². The van der Waals surface area contributed by atoms with Gasteiger partial charge in [0, 0.05) is 19.2 Å². The third-order valence-corrected chi connectivity index (χ3v) is 3.84. The number of hydrogen-bond donors (Lipinski definition) is 5. The molecule has 1 aromatic carbocycles. The van der Waals surface area contributed by atoms with Crippen molar-refractivity contribution in [2.24, 2.45) is 11.6 Å². The fraction of sp³-hybridized carbons (Fsp3) is 0.222. The van der Waals surface area contributed by atoms with Gasteiger partial charge in [-0.15, -0.1) is 0 Å². The molecule has 7 N–H and O–H groups in total. The van der Waals surface area contributed by atoms with Gasteiger partial charge in [-0.25, -0.2) is 17.9 Å². The van der Waals surface area contributed by atoms with Crippen molar-refractivity contribution in [2.45, 2.75) is 4.90 Å². The van der Waals surface area contributed by atoms with Gasteiger partial charge in [0.15, 0.2) is 4.90 Å². The number of hydrogen-bond acceptors (Lipinski definition) is 7. The highest BCUT2D eigenvalue weighted by Gasteiger charge is 2.25. The van der Waals surface area contributed by atoms with Crippen LogP contribution >= 0.6 is 0 Å². The summed E-state index contributed by atoms with van der Waals surface area (Å²) in [5, 5.41) is 13.1. The summed E-state index contributed by atoms with van der Waals surface area (Å²) in [6.45, 7) is -0.218. The molecule has 0 heterocycles. The lowest BCUT2D eigenvalue weighted by Gasteiger charge is -2.08. The second kappa shape index (κ2) is 6.83. The molecule has 1 aromatic rings. The van der Waals surface area contributed by atoms with Crippen LogP contribution in [0.3, 0.4) is 0 Å². The predicted octanol–water partition coefficient (Wildman–Crippen LogP) is -1.17. The Morgan fingerprint density at radius 2 is 2.00 bits per heavy atom. The lowest BCUT2D eigenvalue weighted by atomic mass is 10.3. The molecule has 0 fully saturated rings. The van der Waals surface area contributed by atoms with Crippen LogP contribution in [-0.4, -0.2) is 32.5 Å². The Morgan fingerprint density at radius 3 is 2.52 bits per heavy atom. The maximum Gasteiger partial charge on any atom is 0.312 e. The summed E-state index contributed by atoms with van der Waals surface area (Å²) in [6.07, 6.45) is 0. The third-order valence-electron chi connectivity index (χ3n) is 2.33. The lowest BCUT2D eigenvalue weighted by molar-refractivity contribution is -0.387. The molecule has 0 aromatic heterocycles. The standard InChI is InChI=1S/C9H14N6O5S/c10-9(16)12-3-4-13-21(19,20)8-2-1-6(14-11)5-7(8)15(17)18/h1-2,5,13-14H,3-4,11H2,(H3,10,12,16). The van der Waals surface area contributed by atoms with Crippen LogP contribution in [-0.2, 0) is 10.0 Å². The molecule has 0 unspecified atom stereocenters. The van der Waals surface area contributed by atoms with Crippen LogP contribution in [0.25, 0.3) is 0 Å². The number of anilines is 1. The van der Waals surface area contributed by atoms with E-state index in [1.54, 1.807) is 0 Å². The minimum Gasteiger partial charge on any atom is -0.352 e. The predicted molar refractivity (Wildman–Crippen MR) is 73.7 cm³/mol. The van der Waals surface area contributed by atoms with Crippen LogP contribution in [0.1, 0.15) is 0 Å². The van der Waals surface area contributed by atoms with E-state index < -0.39 is 31.6 Å². The van der Waals surface area contributed by atoms with Crippen LogP contribution in [0, 0.1) is 10.1 Å². The molecular formula is C9H14N6O5S. The second-order valence-electron chi connectivity index (χ2n) is 3.77. The molecule has 1 rings (SSSR count). The molecule has 0 radical (unpaired) electrons. The molecule has 0 bridgehead atoms. The number of nitrogens with two attached hydrogens (primary N) is 2. The van der Waals surface area contributed by atoms with Gasteiger partial charge in [-0.1, -0.05) is 0 Å². The zero-order valence-electron chi connectivity index (χ0n) is 10.7. The Labute approximate surface area is 119 Å². The van der Waals surface area contributed by atoms with Crippen LogP contribution in [0.15, 0.2) is 23.1 Å². The number of nitro groups is 1. The van der Waals surface area contributed by atoms with Crippen molar-refractivity contribution < 1.29 is 18.1 Å². The molecule has 0 aliphatic carbocycles. The lowest BCUT2D eigenvalue weighted by Crippen LogP contribution is -2.37. The van der Waals surface area contributed by atoms with E-state index in [2.05, 4.69) is 15.5 Å². The van der Waals surface area contributed by atoms with Crippen molar-refractivity contribution in [1.82, 2.24) is 10.0 Å². The first kappa shape index (κ1) is 16.6. The number of hydrazine groups is 1. The van der Waals surface area contributed by atoms with Gasteiger partial charge in [-0.2, -0.15) is 0 Å². The molecule has 12 heteroatoms. The minimum absolute atomic E-state index is 0.0508. The number of carbonyl (C=O) groups is 1. The zero-order chi connectivity index (χ0) is 16.0. The van der Waals surface area contributed by atoms with E-state index in [0.717, 1.165) is 12.1 Å². The van der Waals surface area contributed by atoms with Gasteiger partial charge in [0.1, 0.15) is 0 Å². The Kier molecular flexibility index (Phi) is 5.40. The van der Waals surface area contributed by atoms with E-state index in [4.69, 9.17) is 11.6 Å². The maximum absolute atomic E-state index is 12.0. The average molecular weight is 318 g/mol. The number of rotatable bonds is 7. The number of nitro benzene ring substituents is 1. The summed E-state index contributed by atoms with van der Waals surface area (Å²) in [4.78, 5) is 20.0. The summed E-state index contributed by atoms with van der Waals surface area (Å²) in [5.74, 6) is 5.11. The van der Waals surface area contributed by atoms with E-state index in [-0.39, 0.29) is 18.8 Å². The van der Waals surface area contributed by atoms with Crippen molar-refractivity contribution in [3.05, 3.63) is 28.3 Å². The first-order chi connectivity index (χ1) is 9.77. The summed E-state index contributed by atoms with van der Waals surface area (Å²) in [7, 11) is -4.11. The number of primary amides is 1. The van der Waals surface area contributed by atoms with Gasteiger partial charge in [0.2, 0.25) is 10.0 Å². The molecule has 0 saturated carbocycles. The monoisotopic (exact) mass is 318 g/mol. The van der Waals surface area contributed by atoms with Gasteiger partial charge < -0.3 is 16.5 Å². The smallest absolute Gasteiger partial charge is 0.312 e. The second-order valence-corrected chi connectivity index (χ2v) is 5.51. The summed E-state index contributed by atoms with van der Waals surface area (Å²) >= 11 is 0. The Hall–Kier alpha value is -2.44. The van der Waals surface area contributed by atoms with Crippen LogP contribution in [0.4, 0.5) is 16.2 Å². The number of sulfonamides is 1. The minimum atomic E-state index is -4.11. The van der Waals surface area contributed by atoms with Crippen molar-refractivity contribution in [3.63, 3.8) is 0 Å². The number of amides is 2. The van der Waals surface area contributed by atoms with Crippen LogP contribution < -0.4 is 27.0 Å². The SMILES string of the molecule is NNc1ccc(S(=O)(=O)NCCNC(N)=O)c([N+](=O)[O-])c1. The summed E-state index contributed by atoms with van der Waals surface area (Å²) in [5.41, 5.74) is 6.56. The fourth-order valence-corrected chi connectivity index (χ4v) is 2.61. The topological polar surface area (TPSA) is 182 Å². The number of nitrogen functional groups attached to an aromatic ring is 1.